The van der Waals surface area contributed by atoms with Gasteiger partial charge in [-0.3, -0.25) is 4.79 Å². The molecule has 0 amide bonds. The van der Waals surface area contributed by atoms with Crippen LogP contribution in [0.15, 0.2) is 0 Å². The summed E-state index contributed by atoms with van der Waals surface area (Å²) in [5.41, 5.74) is 4.66. The van der Waals surface area contributed by atoms with E-state index in [0.717, 1.165) is 0 Å². The van der Waals surface area contributed by atoms with E-state index in [0.29, 0.717) is 0 Å². The first-order chi connectivity index (χ1) is 4.87. The molecule has 74 valence electrons. The molecule has 0 bridgehead atoms. The van der Waals surface area contributed by atoms with Gasteiger partial charge in [0.25, 0.3) is 0 Å². The van der Waals surface area contributed by atoms with Crippen LogP contribution in [0, 0.1) is 0 Å². The summed E-state index contributed by atoms with van der Waals surface area (Å²) in [6.07, 6.45) is 0. The Labute approximate surface area is 78.5 Å². The van der Waals surface area contributed by atoms with E-state index in [1.807, 2.05) is 0 Å². The highest BCUT2D eigenvalue weighted by Gasteiger charge is 2.20. The maximum atomic E-state index is 10.9. The number of esters is 1. The van der Waals surface area contributed by atoms with Crippen LogP contribution in [0.1, 0.15) is 20.8 Å². The molecule has 0 heterocycles. The number of hydrogen-bond donors (Lipinski definition) is 2. The van der Waals surface area contributed by atoms with Crippen LogP contribution >= 0.6 is 12.4 Å². The average Bonchev–Trinajstić information content (AvgIpc) is 1.82. The van der Waals surface area contributed by atoms with Crippen molar-refractivity contribution in [3.63, 3.8) is 0 Å². The van der Waals surface area contributed by atoms with E-state index in [2.05, 4.69) is 0 Å². The van der Waals surface area contributed by atoms with E-state index in [1.165, 1.54) is 0 Å². The third-order valence-corrected chi connectivity index (χ3v) is 0.906. The van der Waals surface area contributed by atoms with Gasteiger partial charge in [-0.15, -0.1) is 12.4 Å². The van der Waals surface area contributed by atoms with E-state index >= 15 is 0 Å². The second-order valence-electron chi connectivity index (χ2n) is 3.32. The summed E-state index contributed by atoms with van der Waals surface area (Å²) in [6, 6.07) is -0.922. The number of aliphatic hydroxyl groups excluding tert-OH is 1. The van der Waals surface area contributed by atoms with Crippen LogP contribution in [-0.2, 0) is 9.53 Å². The second kappa shape index (κ2) is 5.35. The topological polar surface area (TPSA) is 72.5 Å². The van der Waals surface area contributed by atoms with E-state index in [4.69, 9.17) is 15.6 Å². The van der Waals surface area contributed by atoms with E-state index in [1.54, 1.807) is 20.8 Å². The van der Waals surface area contributed by atoms with Gasteiger partial charge in [0.1, 0.15) is 11.6 Å². The number of carbonyl (C=O) groups is 1. The minimum Gasteiger partial charge on any atom is -0.459 e. The first kappa shape index (κ1) is 14.2. The molecule has 3 N–H and O–H groups in total. The quantitative estimate of drug-likeness (QED) is 0.615. The second-order valence-corrected chi connectivity index (χ2v) is 3.32. The van der Waals surface area contributed by atoms with Crippen LogP contribution in [0.5, 0.6) is 0 Å². The molecule has 0 saturated heterocycles. The lowest BCUT2D eigenvalue weighted by Crippen LogP contribution is -2.39. The summed E-state index contributed by atoms with van der Waals surface area (Å²) in [5.74, 6) is -0.569. The van der Waals surface area contributed by atoms with Gasteiger partial charge in [0.05, 0.1) is 6.61 Å². The van der Waals surface area contributed by atoms with Gasteiger partial charge < -0.3 is 15.6 Å². The van der Waals surface area contributed by atoms with Crippen LogP contribution in [0.3, 0.4) is 0 Å². The highest BCUT2D eigenvalue weighted by molar-refractivity contribution is 5.85. The summed E-state index contributed by atoms with van der Waals surface area (Å²) < 4.78 is 4.87. The third-order valence-electron chi connectivity index (χ3n) is 0.906. The van der Waals surface area contributed by atoms with Gasteiger partial charge in [-0.25, -0.2) is 0 Å². The normalized spacial score (nSPS) is 13.1. The number of halogens is 1. The van der Waals surface area contributed by atoms with Crippen molar-refractivity contribution in [3.8, 4) is 0 Å². The Bertz CT molecular complexity index is 144. The van der Waals surface area contributed by atoms with E-state index in [-0.39, 0.29) is 19.0 Å². The molecule has 0 aromatic heterocycles. The van der Waals surface area contributed by atoms with Crippen molar-refractivity contribution in [2.45, 2.75) is 32.4 Å². The molecule has 0 aromatic carbocycles. The molecule has 0 aliphatic rings. The number of hydrogen-bond acceptors (Lipinski definition) is 4. The van der Waals surface area contributed by atoms with Crippen LogP contribution < -0.4 is 5.73 Å². The molecule has 0 spiro atoms. The first-order valence-corrected chi connectivity index (χ1v) is 3.46. The lowest BCUT2D eigenvalue weighted by atomic mass is 10.2. The van der Waals surface area contributed by atoms with E-state index in [9.17, 15) is 4.79 Å². The Hall–Kier alpha value is -0.320. The Morgan fingerprint density at radius 3 is 2.25 bits per heavy atom. The Kier molecular flexibility index (Phi) is 6.34. The Balaban J connectivity index is 0. The largest absolute Gasteiger partial charge is 0.459 e. The zero-order valence-corrected chi connectivity index (χ0v) is 8.35. The molecule has 0 rings (SSSR count). The average molecular weight is 198 g/mol. The highest BCUT2D eigenvalue weighted by atomic mass is 35.5. The number of rotatable bonds is 2. The lowest BCUT2D eigenvalue weighted by molar-refractivity contribution is -0.157. The van der Waals surface area contributed by atoms with E-state index < -0.39 is 17.6 Å². The molecule has 0 aliphatic heterocycles. The predicted octanol–water partition coefficient (Wildman–Crippen LogP) is 0.0695. The van der Waals surface area contributed by atoms with Crippen LogP contribution in [0.2, 0.25) is 0 Å². The molecule has 0 fully saturated rings. The van der Waals surface area contributed by atoms with Crippen molar-refractivity contribution in [1.29, 1.82) is 0 Å². The fraction of sp³-hybridized carbons (Fsp3) is 0.857. The SMILES string of the molecule is CC(C)(C)OC(=O)C(N)CO.Cl. The van der Waals surface area contributed by atoms with Crippen molar-refractivity contribution in [2.24, 2.45) is 5.73 Å². The first-order valence-electron chi connectivity index (χ1n) is 3.46. The third kappa shape index (κ3) is 6.39. The summed E-state index contributed by atoms with van der Waals surface area (Å²) >= 11 is 0. The van der Waals surface area contributed by atoms with Gasteiger partial charge >= 0.3 is 5.97 Å². The van der Waals surface area contributed by atoms with Crippen molar-refractivity contribution >= 4 is 18.4 Å². The molecule has 5 heteroatoms. The van der Waals surface area contributed by atoms with Gasteiger partial charge in [0, 0.05) is 0 Å². The monoisotopic (exact) mass is 197 g/mol. The fourth-order valence-electron chi connectivity index (χ4n) is 0.452. The smallest absolute Gasteiger partial charge is 0.325 e. The van der Waals surface area contributed by atoms with Crippen LogP contribution in [0.4, 0.5) is 0 Å². The number of carbonyl (C=O) groups excluding carboxylic acids is 1. The summed E-state index contributed by atoms with van der Waals surface area (Å²) in [7, 11) is 0. The molecule has 12 heavy (non-hydrogen) atoms. The van der Waals surface area contributed by atoms with Crippen molar-refractivity contribution in [3.05, 3.63) is 0 Å². The fourth-order valence-corrected chi connectivity index (χ4v) is 0.452. The number of ether oxygens (including phenoxy) is 1. The summed E-state index contributed by atoms with van der Waals surface area (Å²) in [6.45, 7) is 4.86. The molecule has 4 nitrogen and oxygen atoms in total. The maximum Gasteiger partial charge on any atom is 0.325 e. The van der Waals surface area contributed by atoms with Crippen molar-refractivity contribution in [2.75, 3.05) is 6.61 Å². The zero-order valence-electron chi connectivity index (χ0n) is 7.53. The number of aliphatic hydroxyl groups is 1. The van der Waals surface area contributed by atoms with Crippen LogP contribution in [0.25, 0.3) is 0 Å². The van der Waals surface area contributed by atoms with Gasteiger partial charge in [0.15, 0.2) is 0 Å². The minimum absolute atomic E-state index is 0. The van der Waals surface area contributed by atoms with Gasteiger partial charge in [0.2, 0.25) is 0 Å². The molecular formula is C7H16ClNO3. The van der Waals surface area contributed by atoms with Gasteiger partial charge in [-0.1, -0.05) is 0 Å². The summed E-state index contributed by atoms with van der Waals surface area (Å²) in [5, 5.41) is 8.48. The molecule has 0 radical (unpaired) electrons. The molecule has 0 saturated carbocycles. The Morgan fingerprint density at radius 2 is 2.00 bits per heavy atom. The minimum atomic E-state index is -0.922. The standard InChI is InChI=1S/C7H15NO3.ClH/c1-7(2,3)11-6(10)5(8)4-9;/h5,9H,4,8H2,1-3H3;1H. The summed E-state index contributed by atoms with van der Waals surface area (Å²) in [4.78, 5) is 10.9. The van der Waals surface area contributed by atoms with Crippen LogP contribution in [-0.4, -0.2) is 29.3 Å². The maximum absolute atomic E-state index is 10.9. The molecular weight excluding hydrogens is 182 g/mol. The molecule has 0 aromatic rings. The molecule has 1 atom stereocenters. The van der Waals surface area contributed by atoms with Gasteiger partial charge in [-0.05, 0) is 20.8 Å². The molecule has 0 aliphatic carbocycles. The lowest BCUT2D eigenvalue weighted by Gasteiger charge is -2.21. The Morgan fingerprint density at radius 1 is 1.58 bits per heavy atom. The number of nitrogens with two attached hydrogens (primary N) is 1. The van der Waals surface area contributed by atoms with Crippen molar-refractivity contribution < 1.29 is 14.6 Å². The zero-order chi connectivity index (χ0) is 9.07. The van der Waals surface area contributed by atoms with Gasteiger partial charge in [-0.2, -0.15) is 0 Å². The predicted molar refractivity (Wildman–Crippen MR) is 48.2 cm³/mol. The van der Waals surface area contributed by atoms with Crippen molar-refractivity contribution in [1.82, 2.24) is 0 Å². The molecule has 1 unspecified atom stereocenters. The highest BCUT2D eigenvalue weighted by Crippen LogP contribution is 2.07.